The highest BCUT2D eigenvalue weighted by Gasteiger charge is 2.11. The van der Waals surface area contributed by atoms with Gasteiger partial charge in [0, 0.05) is 0 Å². The molecule has 1 unspecified atom stereocenters. The van der Waals surface area contributed by atoms with Crippen molar-refractivity contribution < 1.29 is 5.11 Å². The Labute approximate surface area is 105 Å². The zero-order valence-corrected chi connectivity index (χ0v) is 9.77. The molecule has 3 rings (SSSR count). The van der Waals surface area contributed by atoms with Crippen molar-refractivity contribution in [2.75, 3.05) is 0 Å². The third-order valence-electron chi connectivity index (χ3n) is 3.01. The Bertz CT molecular complexity index is 644. The molecule has 0 fully saturated rings. The minimum Gasteiger partial charge on any atom is -0.386 e. The SMILES string of the molecule is OC(Cn1cncn1)c1cccc2ccccc12. The van der Waals surface area contributed by atoms with Crippen molar-refractivity contribution in [2.45, 2.75) is 12.6 Å². The fourth-order valence-electron chi connectivity index (χ4n) is 2.14. The van der Waals surface area contributed by atoms with E-state index in [9.17, 15) is 5.11 Å². The monoisotopic (exact) mass is 239 g/mol. The van der Waals surface area contributed by atoms with E-state index in [2.05, 4.69) is 10.1 Å². The topological polar surface area (TPSA) is 50.9 Å². The molecule has 0 aliphatic heterocycles. The molecule has 1 atom stereocenters. The van der Waals surface area contributed by atoms with E-state index >= 15 is 0 Å². The number of aromatic nitrogens is 3. The van der Waals surface area contributed by atoms with Crippen molar-refractivity contribution in [1.82, 2.24) is 14.8 Å². The van der Waals surface area contributed by atoms with Crippen LogP contribution in [0.2, 0.25) is 0 Å². The molecule has 0 saturated heterocycles. The van der Waals surface area contributed by atoms with Crippen LogP contribution in [0.4, 0.5) is 0 Å². The standard InChI is InChI=1S/C14H13N3O/c18-14(8-17-10-15-9-16-17)13-7-3-5-11-4-1-2-6-12(11)13/h1-7,9-10,14,18H,8H2. The maximum absolute atomic E-state index is 10.3. The third kappa shape index (κ3) is 1.98. The van der Waals surface area contributed by atoms with E-state index in [1.807, 2.05) is 42.5 Å². The summed E-state index contributed by atoms with van der Waals surface area (Å²) < 4.78 is 1.63. The molecule has 4 nitrogen and oxygen atoms in total. The third-order valence-corrected chi connectivity index (χ3v) is 3.01. The zero-order valence-electron chi connectivity index (χ0n) is 9.77. The van der Waals surface area contributed by atoms with Crippen molar-refractivity contribution in [2.24, 2.45) is 0 Å². The van der Waals surface area contributed by atoms with E-state index in [0.717, 1.165) is 16.3 Å². The second kappa shape index (κ2) is 4.58. The summed E-state index contributed by atoms with van der Waals surface area (Å²) in [4.78, 5) is 3.87. The number of nitrogens with zero attached hydrogens (tertiary/aromatic N) is 3. The van der Waals surface area contributed by atoms with Gasteiger partial charge in [0.15, 0.2) is 0 Å². The van der Waals surface area contributed by atoms with E-state index in [0.29, 0.717) is 6.54 Å². The molecular formula is C14H13N3O. The Morgan fingerprint density at radius 2 is 1.94 bits per heavy atom. The molecule has 0 bridgehead atoms. The van der Waals surface area contributed by atoms with Crippen LogP contribution >= 0.6 is 0 Å². The first-order chi connectivity index (χ1) is 8.84. The average Bonchev–Trinajstić information content (AvgIpc) is 2.91. The summed E-state index contributed by atoms with van der Waals surface area (Å²) in [5, 5.41) is 16.5. The van der Waals surface area contributed by atoms with Crippen LogP contribution in [0.3, 0.4) is 0 Å². The van der Waals surface area contributed by atoms with E-state index in [1.54, 1.807) is 11.0 Å². The fourth-order valence-corrected chi connectivity index (χ4v) is 2.14. The van der Waals surface area contributed by atoms with E-state index in [4.69, 9.17) is 0 Å². The molecule has 1 N–H and O–H groups in total. The van der Waals surface area contributed by atoms with Crippen LogP contribution in [0.1, 0.15) is 11.7 Å². The van der Waals surface area contributed by atoms with Gasteiger partial charge in [-0.25, -0.2) is 4.98 Å². The van der Waals surface area contributed by atoms with Crippen LogP contribution in [-0.2, 0) is 6.54 Å². The van der Waals surface area contributed by atoms with Gasteiger partial charge in [0.05, 0.1) is 12.6 Å². The van der Waals surface area contributed by atoms with Crippen molar-refractivity contribution in [3.63, 3.8) is 0 Å². The summed E-state index contributed by atoms with van der Waals surface area (Å²) in [6.07, 6.45) is 2.49. The number of aliphatic hydroxyl groups excluding tert-OH is 1. The average molecular weight is 239 g/mol. The number of rotatable bonds is 3. The molecule has 2 aromatic carbocycles. The smallest absolute Gasteiger partial charge is 0.137 e. The molecule has 18 heavy (non-hydrogen) atoms. The quantitative estimate of drug-likeness (QED) is 0.762. The molecule has 0 aliphatic rings. The van der Waals surface area contributed by atoms with Crippen LogP contribution in [0.25, 0.3) is 10.8 Å². The van der Waals surface area contributed by atoms with Crippen molar-refractivity contribution in [3.05, 3.63) is 60.7 Å². The molecule has 0 spiro atoms. The van der Waals surface area contributed by atoms with Gasteiger partial charge in [0.2, 0.25) is 0 Å². The van der Waals surface area contributed by atoms with Crippen LogP contribution in [0.15, 0.2) is 55.1 Å². The fraction of sp³-hybridized carbons (Fsp3) is 0.143. The molecule has 0 aliphatic carbocycles. The summed E-state index contributed by atoms with van der Waals surface area (Å²) in [7, 11) is 0. The molecule has 1 heterocycles. The normalized spacial score (nSPS) is 12.7. The van der Waals surface area contributed by atoms with Gasteiger partial charge < -0.3 is 5.11 Å². The van der Waals surface area contributed by atoms with Crippen molar-refractivity contribution >= 4 is 10.8 Å². The lowest BCUT2D eigenvalue weighted by Crippen LogP contribution is -2.09. The second-order valence-corrected chi connectivity index (χ2v) is 4.20. The number of hydrogen-bond acceptors (Lipinski definition) is 3. The lowest BCUT2D eigenvalue weighted by atomic mass is 10.0. The van der Waals surface area contributed by atoms with Gasteiger partial charge in [-0.3, -0.25) is 4.68 Å². The molecule has 4 heteroatoms. The van der Waals surface area contributed by atoms with Gasteiger partial charge in [0.1, 0.15) is 12.7 Å². The minimum atomic E-state index is -0.585. The summed E-state index contributed by atoms with van der Waals surface area (Å²) in [5.41, 5.74) is 0.920. The van der Waals surface area contributed by atoms with E-state index in [-0.39, 0.29) is 0 Å². The first kappa shape index (κ1) is 10.9. The Morgan fingerprint density at radius 3 is 2.78 bits per heavy atom. The largest absolute Gasteiger partial charge is 0.386 e. The van der Waals surface area contributed by atoms with Gasteiger partial charge in [-0.15, -0.1) is 0 Å². The first-order valence-corrected chi connectivity index (χ1v) is 5.83. The second-order valence-electron chi connectivity index (χ2n) is 4.20. The molecule has 3 aromatic rings. The van der Waals surface area contributed by atoms with E-state index < -0.39 is 6.10 Å². The van der Waals surface area contributed by atoms with Crippen molar-refractivity contribution in [1.29, 1.82) is 0 Å². The highest BCUT2D eigenvalue weighted by molar-refractivity contribution is 5.85. The highest BCUT2D eigenvalue weighted by atomic mass is 16.3. The minimum absolute atomic E-state index is 0.411. The van der Waals surface area contributed by atoms with Crippen LogP contribution in [0.5, 0.6) is 0 Å². The van der Waals surface area contributed by atoms with E-state index in [1.165, 1.54) is 6.33 Å². The number of benzene rings is 2. The van der Waals surface area contributed by atoms with Gasteiger partial charge in [-0.2, -0.15) is 5.10 Å². The molecule has 1 aromatic heterocycles. The van der Waals surface area contributed by atoms with Crippen molar-refractivity contribution in [3.8, 4) is 0 Å². The summed E-state index contributed by atoms with van der Waals surface area (Å²) in [5.74, 6) is 0. The summed E-state index contributed by atoms with van der Waals surface area (Å²) >= 11 is 0. The summed E-state index contributed by atoms with van der Waals surface area (Å²) in [6.45, 7) is 0.411. The number of hydrogen-bond donors (Lipinski definition) is 1. The Hall–Kier alpha value is -2.20. The Morgan fingerprint density at radius 1 is 1.11 bits per heavy atom. The first-order valence-electron chi connectivity index (χ1n) is 5.83. The Balaban J connectivity index is 1.98. The van der Waals surface area contributed by atoms with Crippen LogP contribution in [-0.4, -0.2) is 19.9 Å². The van der Waals surface area contributed by atoms with Gasteiger partial charge in [-0.1, -0.05) is 42.5 Å². The maximum atomic E-state index is 10.3. The molecule has 90 valence electrons. The van der Waals surface area contributed by atoms with Gasteiger partial charge in [-0.05, 0) is 16.3 Å². The molecule has 0 saturated carbocycles. The number of fused-ring (bicyclic) bond motifs is 1. The zero-order chi connectivity index (χ0) is 12.4. The molecule has 0 radical (unpaired) electrons. The van der Waals surface area contributed by atoms with Crippen LogP contribution in [0, 0.1) is 0 Å². The predicted molar refractivity (Wildman–Crippen MR) is 68.9 cm³/mol. The van der Waals surface area contributed by atoms with Crippen LogP contribution < -0.4 is 0 Å². The highest BCUT2D eigenvalue weighted by Crippen LogP contribution is 2.24. The lowest BCUT2D eigenvalue weighted by molar-refractivity contribution is 0.153. The maximum Gasteiger partial charge on any atom is 0.137 e. The molecular weight excluding hydrogens is 226 g/mol. The predicted octanol–water partition coefficient (Wildman–Crippen LogP) is 2.16. The molecule has 0 amide bonds. The summed E-state index contributed by atoms with van der Waals surface area (Å²) in [6, 6.07) is 14.0. The number of aliphatic hydroxyl groups is 1. The van der Waals surface area contributed by atoms with Gasteiger partial charge in [0.25, 0.3) is 0 Å². The van der Waals surface area contributed by atoms with Gasteiger partial charge >= 0.3 is 0 Å². The Kier molecular flexibility index (Phi) is 2.78. The lowest BCUT2D eigenvalue weighted by Gasteiger charge is -2.13.